The van der Waals surface area contributed by atoms with E-state index in [0.717, 1.165) is 6.54 Å². The summed E-state index contributed by atoms with van der Waals surface area (Å²) in [6.45, 7) is 5.54. The molecule has 1 aromatic heterocycles. The van der Waals surface area contributed by atoms with Gasteiger partial charge in [0.25, 0.3) is 0 Å². The van der Waals surface area contributed by atoms with Gasteiger partial charge in [0.15, 0.2) is 0 Å². The Kier molecular flexibility index (Phi) is 4.99. The van der Waals surface area contributed by atoms with E-state index in [2.05, 4.69) is 46.5 Å². The molecule has 1 N–H and O–H groups in total. The Morgan fingerprint density at radius 3 is 2.92 bits per heavy atom. The van der Waals surface area contributed by atoms with E-state index in [4.69, 9.17) is 0 Å². The lowest BCUT2D eigenvalue weighted by atomic mass is 10.2. The molecule has 1 atom stereocenters. The zero-order valence-corrected chi connectivity index (χ0v) is 10.5. The lowest BCUT2D eigenvalue weighted by Crippen LogP contribution is -2.18. The van der Waals surface area contributed by atoms with Gasteiger partial charge >= 0.3 is 0 Å². The Labute approximate surface area is 92.7 Å². The van der Waals surface area contributed by atoms with Gasteiger partial charge in [-0.2, -0.15) is 0 Å². The molecule has 0 saturated carbocycles. The molecule has 74 valence electrons. The van der Waals surface area contributed by atoms with Crippen LogP contribution in [0.5, 0.6) is 0 Å². The third-order valence-electron chi connectivity index (χ3n) is 2.02. The number of hydrogen-bond donors (Lipinski definition) is 1. The van der Waals surface area contributed by atoms with Crippen LogP contribution >= 0.6 is 27.3 Å². The monoisotopic (exact) mass is 261 g/mol. The van der Waals surface area contributed by atoms with Crippen molar-refractivity contribution in [2.45, 2.75) is 32.7 Å². The molecule has 0 aliphatic carbocycles. The Bertz CT molecular complexity index is 247. The fraction of sp³-hybridized carbons (Fsp3) is 0.600. The molecule has 0 aliphatic rings. The maximum absolute atomic E-state index is 3.55. The first kappa shape index (κ1) is 11.2. The van der Waals surface area contributed by atoms with Gasteiger partial charge < -0.3 is 5.32 Å². The molecule has 0 fully saturated rings. The molecule has 0 radical (unpaired) electrons. The first-order chi connectivity index (χ1) is 6.25. The Balaban J connectivity index is 2.39. The summed E-state index contributed by atoms with van der Waals surface area (Å²) in [6.07, 6.45) is 2.51. The molecular formula is C10H16BrNS. The number of hydrogen-bond acceptors (Lipinski definition) is 2. The van der Waals surface area contributed by atoms with Crippen molar-refractivity contribution in [3.8, 4) is 0 Å². The van der Waals surface area contributed by atoms with Gasteiger partial charge in [-0.25, -0.2) is 0 Å². The highest BCUT2D eigenvalue weighted by molar-refractivity contribution is 9.10. The summed E-state index contributed by atoms with van der Waals surface area (Å²) in [5.74, 6) is 0. The van der Waals surface area contributed by atoms with Gasteiger partial charge in [0, 0.05) is 15.4 Å². The number of rotatable bonds is 5. The van der Waals surface area contributed by atoms with Gasteiger partial charge in [0.2, 0.25) is 0 Å². The minimum atomic E-state index is 0.473. The van der Waals surface area contributed by atoms with Crippen molar-refractivity contribution in [2.75, 3.05) is 6.54 Å². The van der Waals surface area contributed by atoms with Gasteiger partial charge in [-0.05, 0) is 47.3 Å². The van der Waals surface area contributed by atoms with E-state index in [-0.39, 0.29) is 0 Å². The number of unbranched alkanes of at least 4 members (excludes halogenated alkanes) is 1. The smallest absolute Gasteiger partial charge is 0.0397 e. The van der Waals surface area contributed by atoms with Crippen LogP contribution in [0.15, 0.2) is 15.9 Å². The van der Waals surface area contributed by atoms with E-state index in [1.807, 2.05) is 0 Å². The van der Waals surface area contributed by atoms with Gasteiger partial charge in [0.05, 0.1) is 0 Å². The number of thiophene rings is 1. The number of nitrogens with one attached hydrogen (secondary N) is 1. The van der Waals surface area contributed by atoms with Crippen LogP contribution in [0.4, 0.5) is 0 Å². The van der Waals surface area contributed by atoms with E-state index in [1.165, 1.54) is 22.2 Å². The molecular weight excluding hydrogens is 246 g/mol. The zero-order chi connectivity index (χ0) is 9.68. The normalized spacial score (nSPS) is 13.2. The Morgan fingerprint density at radius 1 is 1.62 bits per heavy atom. The maximum Gasteiger partial charge on any atom is 0.0397 e. The highest BCUT2D eigenvalue weighted by Gasteiger charge is 2.08. The summed E-state index contributed by atoms with van der Waals surface area (Å²) in [5, 5.41) is 5.63. The van der Waals surface area contributed by atoms with Crippen LogP contribution in [0.3, 0.4) is 0 Å². The minimum absolute atomic E-state index is 0.473. The molecule has 13 heavy (non-hydrogen) atoms. The molecule has 1 heterocycles. The Hall–Kier alpha value is 0.140. The predicted octanol–water partition coefficient (Wildman–Crippen LogP) is 3.96. The lowest BCUT2D eigenvalue weighted by molar-refractivity contribution is 0.560. The van der Waals surface area contributed by atoms with Crippen molar-refractivity contribution in [1.82, 2.24) is 5.32 Å². The average Bonchev–Trinajstić information content (AvgIpc) is 2.52. The van der Waals surface area contributed by atoms with Crippen molar-refractivity contribution >= 4 is 27.3 Å². The predicted molar refractivity (Wildman–Crippen MR) is 63.3 cm³/mol. The van der Waals surface area contributed by atoms with Gasteiger partial charge in [-0.15, -0.1) is 11.3 Å². The van der Waals surface area contributed by atoms with Crippen molar-refractivity contribution in [3.05, 3.63) is 20.8 Å². The van der Waals surface area contributed by atoms with Crippen molar-refractivity contribution < 1.29 is 0 Å². The van der Waals surface area contributed by atoms with Crippen LogP contribution in [0.25, 0.3) is 0 Å². The average molecular weight is 262 g/mol. The third-order valence-corrected chi connectivity index (χ3v) is 4.07. The largest absolute Gasteiger partial charge is 0.309 e. The second-order valence-electron chi connectivity index (χ2n) is 3.16. The topological polar surface area (TPSA) is 12.0 Å². The van der Waals surface area contributed by atoms with Gasteiger partial charge in [-0.1, -0.05) is 13.3 Å². The first-order valence-corrected chi connectivity index (χ1v) is 6.39. The van der Waals surface area contributed by atoms with E-state index in [0.29, 0.717) is 6.04 Å². The second kappa shape index (κ2) is 5.78. The van der Waals surface area contributed by atoms with E-state index in [9.17, 15) is 0 Å². The summed E-state index contributed by atoms with van der Waals surface area (Å²) in [5.41, 5.74) is 0. The van der Waals surface area contributed by atoms with Gasteiger partial charge in [0.1, 0.15) is 0 Å². The maximum atomic E-state index is 3.55. The first-order valence-electron chi connectivity index (χ1n) is 4.72. The SMILES string of the molecule is CCCCNC(C)c1sccc1Br. The zero-order valence-electron chi connectivity index (χ0n) is 8.14. The summed E-state index contributed by atoms with van der Waals surface area (Å²) >= 11 is 5.35. The van der Waals surface area contributed by atoms with Crippen molar-refractivity contribution in [2.24, 2.45) is 0 Å². The van der Waals surface area contributed by atoms with Crippen LogP contribution < -0.4 is 5.32 Å². The minimum Gasteiger partial charge on any atom is -0.309 e. The molecule has 3 heteroatoms. The fourth-order valence-electron chi connectivity index (χ4n) is 1.20. The molecule has 1 nitrogen and oxygen atoms in total. The second-order valence-corrected chi connectivity index (χ2v) is 4.96. The van der Waals surface area contributed by atoms with Crippen molar-refractivity contribution in [1.29, 1.82) is 0 Å². The third kappa shape index (κ3) is 3.41. The van der Waals surface area contributed by atoms with Gasteiger partial charge in [-0.3, -0.25) is 0 Å². The number of halogens is 1. The quantitative estimate of drug-likeness (QED) is 0.792. The lowest BCUT2D eigenvalue weighted by Gasteiger charge is -2.12. The van der Waals surface area contributed by atoms with Crippen LogP contribution in [-0.2, 0) is 0 Å². The van der Waals surface area contributed by atoms with E-state index >= 15 is 0 Å². The van der Waals surface area contributed by atoms with Crippen LogP contribution in [-0.4, -0.2) is 6.54 Å². The fourth-order valence-corrected chi connectivity index (χ4v) is 2.95. The summed E-state index contributed by atoms with van der Waals surface area (Å²) < 4.78 is 1.23. The summed E-state index contributed by atoms with van der Waals surface area (Å²) in [7, 11) is 0. The van der Waals surface area contributed by atoms with Crippen LogP contribution in [0.2, 0.25) is 0 Å². The van der Waals surface area contributed by atoms with E-state index in [1.54, 1.807) is 11.3 Å². The van der Waals surface area contributed by atoms with Crippen molar-refractivity contribution in [3.63, 3.8) is 0 Å². The standard InChI is InChI=1S/C10H16BrNS/c1-3-4-6-12-8(2)10-9(11)5-7-13-10/h5,7-8,12H,3-4,6H2,1-2H3. The summed E-state index contributed by atoms with van der Waals surface area (Å²) in [4.78, 5) is 1.40. The van der Waals surface area contributed by atoms with Crippen LogP contribution in [0.1, 0.15) is 37.6 Å². The molecule has 0 saturated heterocycles. The molecule has 0 aromatic carbocycles. The highest BCUT2D eigenvalue weighted by atomic mass is 79.9. The van der Waals surface area contributed by atoms with Crippen LogP contribution in [0, 0.1) is 0 Å². The summed E-state index contributed by atoms with van der Waals surface area (Å²) in [6, 6.07) is 2.58. The Morgan fingerprint density at radius 2 is 2.38 bits per heavy atom. The molecule has 1 aromatic rings. The molecule has 0 bridgehead atoms. The molecule has 1 rings (SSSR count). The molecule has 0 aliphatic heterocycles. The molecule has 0 amide bonds. The van der Waals surface area contributed by atoms with E-state index < -0.39 is 0 Å². The molecule has 1 unspecified atom stereocenters. The molecule has 0 spiro atoms. The highest BCUT2D eigenvalue weighted by Crippen LogP contribution is 2.28.